The van der Waals surface area contributed by atoms with Gasteiger partial charge in [0.2, 0.25) is 15.9 Å². The van der Waals surface area contributed by atoms with E-state index in [9.17, 15) is 13.2 Å². The number of piperazine rings is 1. The van der Waals surface area contributed by atoms with Gasteiger partial charge in [0.25, 0.3) is 0 Å². The Morgan fingerprint density at radius 2 is 1.80 bits per heavy atom. The molecule has 1 aliphatic heterocycles. The summed E-state index contributed by atoms with van der Waals surface area (Å²) in [6, 6.07) is 4.50. The zero-order chi connectivity index (χ0) is 14.9. The van der Waals surface area contributed by atoms with E-state index in [1.165, 1.54) is 16.4 Å². The number of carbonyl (C=O) groups is 1. The van der Waals surface area contributed by atoms with E-state index in [-0.39, 0.29) is 10.5 Å². The molecule has 1 saturated heterocycles. The Labute approximate surface area is 119 Å². The zero-order valence-corrected chi connectivity index (χ0v) is 12.5. The van der Waals surface area contributed by atoms with Crippen LogP contribution < -0.4 is 5.73 Å². The van der Waals surface area contributed by atoms with Gasteiger partial charge in [-0.1, -0.05) is 6.07 Å². The van der Waals surface area contributed by atoms with E-state index in [1.807, 2.05) is 7.05 Å². The number of carbonyl (C=O) groups excluding carboxylic acids is 1. The van der Waals surface area contributed by atoms with Gasteiger partial charge in [-0.25, -0.2) is 8.42 Å². The van der Waals surface area contributed by atoms with Gasteiger partial charge in [0.15, 0.2) is 0 Å². The van der Waals surface area contributed by atoms with Gasteiger partial charge >= 0.3 is 0 Å². The third kappa shape index (κ3) is 2.84. The van der Waals surface area contributed by atoms with Crippen molar-refractivity contribution in [1.82, 2.24) is 9.21 Å². The number of hydrogen-bond acceptors (Lipinski definition) is 4. The van der Waals surface area contributed by atoms with Crippen LogP contribution in [0.3, 0.4) is 0 Å². The predicted octanol–water partition coefficient (Wildman–Crippen LogP) is 0.0300. The molecule has 6 nitrogen and oxygen atoms in total. The molecule has 1 aromatic rings. The van der Waals surface area contributed by atoms with Gasteiger partial charge in [0, 0.05) is 31.7 Å². The van der Waals surface area contributed by atoms with Gasteiger partial charge in [0.1, 0.15) is 0 Å². The predicted molar refractivity (Wildman–Crippen MR) is 76.0 cm³/mol. The number of nitrogens with two attached hydrogens (primary N) is 1. The minimum absolute atomic E-state index is 0.126. The number of rotatable bonds is 3. The van der Waals surface area contributed by atoms with E-state index in [0.29, 0.717) is 31.7 Å². The number of hydrogen-bond donors (Lipinski definition) is 1. The smallest absolute Gasteiger partial charge is 0.249 e. The molecule has 2 rings (SSSR count). The van der Waals surface area contributed by atoms with E-state index < -0.39 is 15.9 Å². The number of sulfonamides is 1. The summed E-state index contributed by atoms with van der Waals surface area (Å²) in [6.45, 7) is 4.05. The number of benzene rings is 1. The van der Waals surface area contributed by atoms with Gasteiger partial charge in [0.05, 0.1) is 4.90 Å². The fourth-order valence-electron chi connectivity index (χ4n) is 2.20. The SMILES string of the molecule is Cc1ccc(S(=O)(=O)N2CCN(C)CC2)cc1C(N)=O. The summed E-state index contributed by atoms with van der Waals surface area (Å²) in [6.07, 6.45) is 0. The molecule has 1 amide bonds. The minimum Gasteiger partial charge on any atom is -0.366 e. The lowest BCUT2D eigenvalue weighted by atomic mass is 10.1. The standard InChI is InChI=1S/C13H19N3O3S/c1-10-3-4-11(9-12(10)13(14)17)20(18,19)16-7-5-15(2)6-8-16/h3-4,9H,5-8H2,1-2H3,(H2,14,17). The lowest BCUT2D eigenvalue weighted by Gasteiger charge is -2.31. The third-order valence-corrected chi connectivity index (χ3v) is 5.47. The Morgan fingerprint density at radius 3 is 2.35 bits per heavy atom. The van der Waals surface area contributed by atoms with Crippen molar-refractivity contribution in [3.8, 4) is 0 Å². The first-order chi connectivity index (χ1) is 9.32. The second-order valence-electron chi connectivity index (χ2n) is 5.05. The first-order valence-electron chi connectivity index (χ1n) is 6.41. The Balaban J connectivity index is 2.35. The molecule has 2 N–H and O–H groups in total. The van der Waals surface area contributed by atoms with Crippen molar-refractivity contribution in [2.24, 2.45) is 5.73 Å². The molecule has 1 aliphatic rings. The highest BCUT2D eigenvalue weighted by molar-refractivity contribution is 7.89. The first-order valence-corrected chi connectivity index (χ1v) is 7.85. The van der Waals surface area contributed by atoms with Crippen LogP contribution in [0.15, 0.2) is 23.1 Å². The molecule has 1 heterocycles. The highest BCUT2D eigenvalue weighted by atomic mass is 32.2. The lowest BCUT2D eigenvalue weighted by molar-refractivity contribution is 0.0999. The molecule has 0 radical (unpaired) electrons. The summed E-state index contributed by atoms with van der Waals surface area (Å²) in [7, 11) is -1.60. The number of amides is 1. The molecule has 20 heavy (non-hydrogen) atoms. The summed E-state index contributed by atoms with van der Waals surface area (Å²) in [5, 5.41) is 0. The van der Waals surface area contributed by atoms with Gasteiger partial charge in [-0.2, -0.15) is 4.31 Å². The van der Waals surface area contributed by atoms with Crippen LogP contribution in [0.5, 0.6) is 0 Å². The normalized spacial score (nSPS) is 18.1. The Hall–Kier alpha value is -1.44. The van der Waals surface area contributed by atoms with E-state index in [0.717, 1.165) is 0 Å². The van der Waals surface area contributed by atoms with Crippen LogP contribution >= 0.6 is 0 Å². The van der Waals surface area contributed by atoms with Gasteiger partial charge in [-0.3, -0.25) is 4.79 Å². The monoisotopic (exact) mass is 297 g/mol. The quantitative estimate of drug-likeness (QED) is 0.853. The Kier molecular flexibility index (Phi) is 4.12. The number of nitrogens with zero attached hydrogens (tertiary/aromatic N) is 2. The minimum atomic E-state index is -3.56. The molecule has 0 unspecified atom stereocenters. The van der Waals surface area contributed by atoms with Crippen molar-refractivity contribution in [3.05, 3.63) is 29.3 Å². The van der Waals surface area contributed by atoms with Gasteiger partial charge < -0.3 is 10.6 Å². The molecule has 0 aliphatic carbocycles. The largest absolute Gasteiger partial charge is 0.366 e. The molecule has 0 saturated carbocycles. The summed E-state index contributed by atoms with van der Waals surface area (Å²) >= 11 is 0. The second kappa shape index (κ2) is 5.51. The van der Waals surface area contributed by atoms with Crippen LogP contribution in [-0.4, -0.2) is 56.8 Å². The second-order valence-corrected chi connectivity index (χ2v) is 6.99. The van der Waals surface area contributed by atoms with Crippen molar-refractivity contribution < 1.29 is 13.2 Å². The molecular formula is C13H19N3O3S. The Bertz CT molecular complexity index is 620. The molecular weight excluding hydrogens is 278 g/mol. The van der Waals surface area contributed by atoms with Crippen molar-refractivity contribution >= 4 is 15.9 Å². The van der Waals surface area contributed by atoms with Crippen LogP contribution in [0.25, 0.3) is 0 Å². The molecule has 0 atom stereocenters. The number of aryl methyl sites for hydroxylation is 1. The van der Waals surface area contributed by atoms with E-state index in [4.69, 9.17) is 5.73 Å². The summed E-state index contributed by atoms with van der Waals surface area (Å²) in [4.78, 5) is 13.5. The molecule has 0 aromatic heterocycles. The molecule has 0 spiro atoms. The molecule has 110 valence electrons. The maximum atomic E-state index is 12.5. The summed E-state index contributed by atoms with van der Waals surface area (Å²) in [5.74, 6) is -0.613. The highest BCUT2D eigenvalue weighted by Crippen LogP contribution is 2.20. The molecule has 1 fully saturated rings. The van der Waals surface area contributed by atoms with Crippen LogP contribution in [0.1, 0.15) is 15.9 Å². The van der Waals surface area contributed by atoms with Crippen molar-refractivity contribution in [3.63, 3.8) is 0 Å². The average Bonchev–Trinajstić information content (AvgIpc) is 2.39. The topological polar surface area (TPSA) is 83.7 Å². The van der Waals surface area contributed by atoms with Crippen molar-refractivity contribution in [2.45, 2.75) is 11.8 Å². The summed E-state index contributed by atoms with van der Waals surface area (Å²) < 4.78 is 26.5. The molecule has 7 heteroatoms. The van der Waals surface area contributed by atoms with Crippen LogP contribution in [0.4, 0.5) is 0 Å². The van der Waals surface area contributed by atoms with Crippen LogP contribution in [0.2, 0.25) is 0 Å². The maximum absolute atomic E-state index is 12.5. The van der Waals surface area contributed by atoms with Crippen molar-refractivity contribution in [2.75, 3.05) is 33.2 Å². The highest BCUT2D eigenvalue weighted by Gasteiger charge is 2.28. The average molecular weight is 297 g/mol. The van der Waals surface area contributed by atoms with E-state index >= 15 is 0 Å². The zero-order valence-electron chi connectivity index (χ0n) is 11.7. The van der Waals surface area contributed by atoms with Crippen LogP contribution in [-0.2, 0) is 10.0 Å². The molecule has 1 aromatic carbocycles. The van der Waals surface area contributed by atoms with E-state index in [1.54, 1.807) is 13.0 Å². The maximum Gasteiger partial charge on any atom is 0.249 e. The summed E-state index contributed by atoms with van der Waals surface area (Å²) in [5.41, 5.74) is 6.20. The fourth-order valence-corrected chi connectivity index (χ4v) is 3.65. The fraction of sp³-hybridized carbons (Fsp3) is 0.462. The number of likely N-dealkylation sites (N-methyl/N-ethyl adjacent to an activating group) is 1. The van der Waals surface area contributed by atoms with Crippen molar-refractivity contribution in [1.29, 1.82) is 0 Å². The molecule has 0 bridgehead atoms. The third-order valence-electron chi connectivity index (χ3n) is 3.57. The first kappa shape index (κ1) is 15.0. The lowest BCUT2D eigenvalue weighted by Crippen LogP contribution is -2.47. The van der Waals surface area contributed by atoms with Crippen LogP contribution in [0, 0.1) is 6.92 Å². The Morgan fingerprint density at radius 1 is 1.20 bits per heavy atom. The van der Waals surface area contributed by atoms with Gasteiger partial charge in [-0.15, -0.1) is 0 Å². The number of primary amides is 1. The van der Waals surface area contributed by atoms with E-state index in [2.05, 4.69) is 4.90 Å². The van der Waals surface area contributed by atoms with Gasteiger partial charge in [-0.05, 0) is 31.7 Å².